The van der Waals surface area contributed by atoms with Gasteiger partial charge in [-0.3, -0.25) is 0 Å². The Labute approximate surface area is 199 Å². The van der Waals surface area contributed by atoms with E-state index in [1.54, 1.807) is 11.1 Å². The van der Waals surface area contributed by atoms with Crippen molar-refractivity contribution in [3.05, 3.63) is 81.2 Å². The molecular weight excluding hydrogens is 490 g/mol. The second kappa shape index (κ2) is 13.8. The van der Waals surface area contributed by atoms with Crippen LogP contribution >= 0.6 is 0 Å². The monoisotopic (exact) mass is 521 g/mol. The van der Waals surface area contributed by atoms with E-state index in [1.807, 2.05) is 3.28 Å². The van der Waals surface area contributed by atoms with Crippen LogP contribution in [0.3, 0.4) is 0 Å². The van der Waals surface area contributed by atoms with Crippen molar-refractivity contribution in [1.82, 2.24) is 0 Å². The summed E-state index contributed by atoms with van der Waals surface area (Å²) >= 11 is -1.52. The first-order valence-electron chi connectivity index (χ1n) is 10.7. The van der Waals surface area contributed by atoms with Crippen molar-refractivity contribution < 1.29 is 45.7 Å². The topological polar surface area (TPSA) is 0 Å². The molecule has 2 aliphatic rings. The Hall–Kier alpha value is -0.400. The summed E-state index contributed by atoms with van der Waals surface area (Å²) in [5.74, 6) is 0. The molecule has 0 fully saturated rings. The van der Waals surface area contributed by atoms with Gasteiger partial charge < -0.3 is 24.8 Å². The molecule has 0 amide bonds. The predicted octanol–water partition coefficient (Wildman–Crippen LogP) is 0.945. The molecule has 0 aromatic heterocycles. The van der Waals surface area contributed by atoms with Gasteiger partial charge in [0.05, 0.1) is 0 Å². The van der Waals surface area contributed by atoms with Crippen molar-refractivity contribution in [3.63, 3.8) is 0 Å². The van der Waals surface area contributed by atoms with Crippen molar-refractivity contribution in [2.45, 2.75) is 56.1 Å². The normalized spacial score (nSPS) is 13.7. The smallest absolute Gasteiger partial charge is 1.00 e. The Morgan fingerprint density at radius 3 is 1.79 bits per heavy atom. The fraction of sp³-hybridized carbons (Fsp3) is 0.360. The Morgan fingerprint density at radius 2 is 1.38 bits per heavy atom. The minimum atomic E-state index is -1.52. The number of hydrogen-bond donors (Lipinski definition) is 0. The summed E-state index contributed by atoms with van der Waals surface area (Å²) in [5, 5.41) is 0. The van der Waals surface area contributed by atoms with Crippen LogP contribution in [-0.2, 0) is 20.9 Å². The maximum Gasteiger partial charge on any atom is -1.00 e. The Morgan fingerprint density at radius 1 is 0.862 bits per heavy atom. The van der Waals surface area contributed by atoms with Gasteiger partial charge in [-0.05, 0) is 0 Å². The van der Waals surface area contributed by atoms with Gasteiger partial charge in [-0.25, -0.2) is 0 Å². The van der Waals surface area contributed by atoms with Gasteiger partial charge in [0.15, 0.2) is 0 Å². The predicted molar refractivity (Wildman–Crippen MR) is 120 cm³/mol. The van der Waals surface area contributed by atoms with Gasteiger partial charge in [0.1, 0.15) is 0 Å². The largest absolute Gasteiger partial charge is 1.00 e. The van der Waals surface area contributed by atoms with Gasteiger partial charge in [-0.15, -0.1) is 0 Å². The number of halogens is 2. The first-order valence-corrected chi connectivity index (χ1v) is 20.7. The van der Waals surface area contributed by atoms with Gasteiger partial charge in [-0.1, -0.05) is 39.5 Å². The molecule has 0 heterocycles. The molecule has 0 nitrogen and oxygen atoms in total. The van der Waals surface area contributed by atoms with Crippen LogP contribution in [0.15, 0.2) is 70.0 Å². The van der Waals surface area contributed by atoms with E-state index >= 15 is 0 Å². The third kappa shape index (κ3) is 6.30. The SMILES string of the molecule is CCCCCC.C[SiH2][Zr+2]([C]1=CC=CC1)[CH]1c2ccccc2-c2ccccc21.[Cl-].[Cl-]. The molecule has 0 N–H and O–H groups in total. The number of benzene rings is 2. The molecule has 0 saturated carbocycles. The summed E-state index contributed by atoms with van der Waals surface area (Å²) in [4.78, 5) is 0. The van der Waals surface area contributed by atoms with Gasteiger partial charge in [-0.2, -0.15) is 0 Å². The molecule has 2 aromatic rings. The molecule has 4 rings (SSSR count). The first kappa shape index (κ1) is 26.6. The maximum absolute atomic E-state index is 2.55. The zero-order valence-electron chi connectivity index (χ0n) is 17.9. The number of hydrogen-bond acceptors (Lipinski definition) is 0. The fourth-order valence-corrected chi connectivity index (χ4v) is 21.4. The third-order valence-corrected chi connectivity index (χ3v) is 23.4. The molecular formula is C25H33Cl2SiZr. The molecule has 0 spiro atoms. The zero-order valence-corrected chi connectivity index (χ0v) is 23.3. The minimum Gasteiger partial charge on any atom is -1.00 e. The van der Waals surface area contributed by atoms with Crippen molar-refractivity contribution in [1.29, 1.82) is 0 Å². The van der Waals surface area contributed by atoms with Crippen LogP contribution in [0.4, 0.5) is 0 Å². The van der Waals surface area contributed by atoms with Gasteiger partial charge >= 0.3 is 136 Å². The van der Waals surface area contributed by atoms with E-state index in [4.69, 9.17) is 0 Å². The number of allylic oxidation sites excluding steroid dienone is 4. The van der Waals surface area contributed by atoms with E-state index in [1.165, 1.54) is 43.2 Å². The molecule has 0 saturated heterocycles. The van der Waals surface area contributed by atoms with E-state index < -0.39 is 20.9 Å². The second-order valence-electron chi connectivity index (χ2n) is 7.52. The van der Waals surface area contributed by atoms with Gasteiger partial charge in [0, 0.05) is 0 Å². The summed E-state index contributed by atoms with van der Waals surface area (Å²) in [6, 6.07) is 18.3. The third-order valence-electron chi connectivity index (χ3n) is 5.70. The molecule has 0 aliphatic heterocycles. The molecule has 2 aliphatic carbocycles. The fourth-order valence-electron chi connectivity index (χ4n) is 4.33. The molecule has 0 atom stereocenters. The second-order valence-corrected chi connectivity index (χ2v) is 23.5. The molecule has 2 aromatic carbocycles. The van der Waals surface area contributed by atoms with Crippen LogP contribution in [0.1, 0.15) is 60.7 Å². The van der Waals surface area contributed by atoms with Crippen LogP contribution in [0, 0.1) is 0 Å². The molecule has 29 heavy (non-hydrogen) atoms. The molecule has 0 radical (unpaired) electrons. The van der Waals surface area contributed by atoms with E-state index in [0.29, 0.717) is 0 Å². The van der Waals surface area contributed by atoms with Crippen LogP contribution < -0.4 is 24.8 Å². The summed E-state index contributed by atoms with van der Waals surface area (Å²) in [7, 11) is 0. The van der Waals surface area contributed by atoms with Gasteiger partial charge in [0.25, 0.3) is 0 Å². The number of unbranched alkanes of at least 4 members (excludes halogenated alkanes) is 3. The first-order chi connectivity index (χ1) is 13.3. The zero-order chi connectivity index (χ0) is 19.1. The maximum atomic E-state index is 2.55. The summed E-state index contributed by atoms with van der Waals surface area (Å²) in [6.07, 6.45) is 13.9. The molecule has 0 unspecified atom stereocenters. The minimum absolute atomic E-state index is 0. The standard InChI is InChI=1S/C13H9.C6H14.C5H5.CH5Si.2ClH.Zr/c1-3-7-12-10(5-1)9-11-6-2-4-8-13(11)12;1-3-5-6-4-2;1-2-4-5-3-1;1-2;;;/h1-9H;3-6H2,1-2H3;1-3H,4H2;2H2,1H3;2*1H;/q;;;;;;+2/p-2. The number of rotatable bonds is 6. The Balaban J connectivity index is 0.000000467. The molecule has 0 bridgehead atoms. The van der Waals surface area contributed by atoms with Gasteiger partial charge in [0.2, 0.25) is 0 Å². The molecule has 155 valence electrons. The summed E-state index contributed by atoms with van der Waals surface area (Å²) < 4.78 is 2.63. The summed E-state index contributed by atoms with van der Waals surface area (Å²) in [6.45, 7) is 7.10. The van der Waals surface area contributed by atoms with Crippen molar-refractivity contribution in [2.24, 2.45) is 0 Å². The number of fused-ring (bicyclic) bond motifs is 3. The van der Waals surface area contributed by atoms with E-state index in [0.717, 1.165) is 3.63 Å². The van der Waals surface area contributed by atoms with Crippen LogP contribution in [0.2, 0.25) is 6.55 Å². The van der Waals surface area contributed by atoms with Crippen LogP contribution in [0.25, 0.3) is 11.1 Å². The average molecular weight is 524 g/mol. The average Bonchev–Trinajstić information content (AvgIpc) is 3.35. The van der Waals surface area contributed by atoms with E-state index in [9.17, 15) is 0 Å². The van der Waals surface area contributed by atoms with Crippen molar-refractivity contribution in [2.75, 3.05) is 0 Å². The Kier molecular flexibility index (Phi) is 12.7. The van der Waals surface area contributed by atoms with Crippen molar-refractivity contribution in [3.8, 4) is 11.1 Å². The molecule has 4 heteroatoms. The van der Waals surface area contributed by atoms with Crippen LogP contribution in [0.5, 0.6) is 0 Å². The van der Waals surface area contributed by atoms with Crippen LogP contribution in [-0.4, -0.2) is 6.65 Å². The Bertz CT molecular complexity index is 766. The van der Waals surface area contributed by atoms with E-state index in [2.05, 4.69) is 87.2 Å². The van der Waals surface area contributed by atoms with E-state index in [-0.39, 0.29) is 31.5 Å². The van der Waals surface area contributed by atoms with Crippen molar-refractivity contribution >= 4 is 6.65 Å². The summed E-state index contributed by atoms with van der Waals surface area (Å²) in [5.41, 5.74) is 6.28. The quantitative estimate of drug-likeness (QED) is 0.391.